The lowest BCUT2D eigenvalue weighted by atomic mass is 10.2. The van der Waals surface area contributed by atoms with E-state index in [4.69, 9.17) is 0 Å². The second-order valence-corrected chi connectivity index (χ2v) is 6.75. The fourth-order valence-electron chi connectivity index (χ4n) is 2.12. The van der Waals surface area contributed by atoms with Gasteiger partial charge in [-0.15, -0.1) is 0 Å². The number of carbonyl (C=O) groups is 1. The van der Waals surface area contributed by atoms with E-state index < -0.39 is 5.56 Å². The minimum absolute atomic E-state index is 0.126. The van der Waals surface area contributed by atoms with Crippen LogP contribution in [0.15, 0.2) is 46.7 Å². The number of amides is 1. The van der Waals surface area contributed by atoms with Gasteiger partial charge in [-0.25, -0.2) is 9.37 Å². The first-order valence-corrected chi connectivity index (χ1v) is 8.77. The topological polar surface area (TPSA) is 84.2 Å². The van der Waals surface area contributed by atoms with Crippen molar-refractivity contribution in [2.75, 3.05) is 6.54 Å². The maximum Gasteiger partial charge on any atom is 0.263 e. The van der Waals surface area contributed by atoms with Gasteiger partial charge in [-0.1, -0.05) is 23.0 Å². The molecule has 0 aliphatic rings. The largest absolute Gasteiger partial charge is 0.508 e. The Balaban J connectivity index is 2.06. The Bertz CT molecular complexity index is 924. The van der Waals surface area contributed by atoms with E-state index in [9.17, 15) is 19.1 Å². The van der Waals surface area contributed by atoms with Crippen molar-refractivity contribution in [2.24, 2.45) is 0 Å². The molecule has 26 heavy (non-hydrogen) atoms. The zero-order valence-electron chi connectivity index (χ0n) is 14.7. The molecule has 0 atom stereocenters. The minimum atomic E-state index is -0.428. The summed E-state index contributed by atoms with van der Waals surface area (Å²) in [6.07, 6.45) is 5.06. The van der Waals surface area contributed by atoms with Crippen molar-refractivity contribution in [3.8, 4) is 10.9 Å². The average molecular weight is 377 g/mol. The van der Waals surface area contributed by atoms with Crippen LogP contribution in [0.1, 0.15) is 35.6 Å². The molecular formula is C18H20FN3O3S. The van der Waals surface area contributed by atoms with E-state index in [1.807, 2.05) is 6.92 Å². The summed E-state index contributed by atoms with van der Waals surface area (Å²) in [5.41, 5.74) is 1.04. The van der Waals surface area contributed by atoms with E-state index in [1.54, 1.807) is 13.0 Å². The van der Waals surface area contributed by atoms with Crippen LogP contribution in [0, 0.1) is 6.92 Å². The van der Waals surface area contributed by atoms with Gasteiger partial charge in [-0.3, -0.25) is 14.2 Å². The number of pyridine rings is 1. The molecule has 138 valence electrons. The van der Waals surface area contributed by atoms with E-state index in [0.29, 0.717) is 28.7 Å². The quantitative estimate of drug-likeness (QED) is 0.757. The van der Waals surface area contributed by atoms with Crippen LogP contribution in [0.25, 0.3) is 5.13 Å². The summed E-state index contributed by atoms with van der Waals surface area (Å²) in [5, 5.41) is 12.5. The van der Waals surface area contributed by atoms with Gasteiger partial charge in [0.15, 0.2) is 5.13 Å². The second-order valence-electron chi connectivity index (χ2n) is 5.78. The van der Waals surface area contributed by atoms with E-state index in [0.717, 1.165) is 23.0 Å². The highest BCUT2D eigenvalue weighted by Gasteiger charge is 2.16. The molecule has 0 aliphatic carbocycles. The van der Waals surface area contributed by atoms with Crippen LogP contribution >= 0.6 is 11.3 Å². The number of carbonyl (C=O) groups excluding carboxylic acids is 1. The van der Waals surface area contributed by atoms with Crippen molar-refractivity contribution < 1.29 is 14.3 Å². The Labute approximate surface area is 154 Å². The number of rotatable bonds is 6. The molecule has 2 heterocycles. The number of allylic oxidation sites excluding steroid dienone is 3. The normalized spacial score (nSPS) is 12.3. The zero-order chi connectivity index (χ0) is 19.3. The number of nitrogens with one attached hydrogen (secondary N) is 1. The predicted molar refractivity (Wildman–Crippen MR) is 99.7 cm³/mol. The van der Waals surface area contributed by atoms with Crippen molar-refractivity contribution in [3.05, 3.63) is 62.8 Å². The highest BCUT2D eigenvalue weighted by atomic mass is 32.1. The first kappa shape index (κ1) is 19.6. The van der Waals surface area contributed by atoms with Gasteiger partial charge in [0.1, 0.15) is 10.6 Å². The standard InChI is InChI=1S/C18H20FN3O3S/c1-11(4-5-12(2)19)6-8-20-17(25)16-13(3)21-18(26-16)22-9-7-14(23)10-15(22)24/h4-5,7,9-10,23H,6,8H2,1-3H3,(H,20,25)/b11-4+,12-5+. The predicted octanol–water partition coefficient (Wildman–Crippen LogP) is 3.25. The molecule has 2 N–H and O–H groups in total. The van der Waals surface area contributed by atoms with Gasteiger partial charge in [-0.2, -0.15) is 0 Å². The molecule has 2 rings (SSSR count). The number of thiazole rings is 1. The number of nitrogens with zero attached hydrogens (tertiary/aromatic N) is 2. The van der Waals surface area contributed by atoms with Crippen LogP contribution < -0.4 is 10.9 Å². The Hall–Kier alpha value is -2.74. The highest BCUT2D eigenvalue weighted by molar-refractivity contribution is 7.16. The Morgan fingerprint density at radius 3 is 2.81 bits per heavy atom. The highest BCUT2D eigenvalue weighted by Crippen LogP contribution is 2.21. The van der Waals surface area contributed by atoms with Crippen molar-refractivity contribution >= 4 is 17.2 Å². The molecule has 2 aromatic rings. The van der Waals surface area contributed by atoms with Crippen LogP contribution in [0.5, 0.6) is 5.75 Å². The van der Waals surface area contributed by atoms with Crippen LogP contribution in [-0.2, 0) is 0 Å². The molecule has 0 fully saturated rings. The van der Waals surface area contributed by atoms with E-state index >= 15 is 0 Å². The van der Waals surface area contributed by atoms with Gasteiger partial charge in [-0.05, 0) is 39.3 Å². The van der Waals surface area contributed by atoms with Crippen molar-refractivity contribution in [1.29, 1.82) is 0 Å². The van der Waals surface area contributed by atoms with Gasteiger partial charge < -0.3 is 10.4 Å². The monoisotopic (exact) mass is 377 g/mol. The van der Waals surface area contributed by atoms with Gasteiger partial charge in [0.2, 0.25) is 0 Å². The molecule has 0 saturated heterocycles. The summed E-state index contributed by atoms with van der Waals surface area (Å²) in [4.78, 5) is 28.9. The van der Waals surface area contributed by atoms with E-state index in [2.05, 4.69) is 10.3 Å². The van der Waals surface area contributed by atoms with Crippen LogP contribution in [0.3, 0.4) is 0 Å². The SMILES string of the molecule is C/C(F)=C\C=C(/C)CCNC(=O)c1sc(-n2ccc(O)cc2=O)nc1C. The number of aromatic nitrogens is 2. The molecule has 0 radical (unpaired) electrons. The summed E-state index contributed by atoms with van der Waals surface area (Å²) in [6, 6.07) is 2.46. The van der Waals surface area contributed by atoms with Crippen molar-refractivity contribution in [1.82, 2.24) is 14.9 Å². The summed E-state index contributed by atoms with van der Waals surface area (Å²) < 4.78 is 13.9. The van der Waals surface area contributed by atoms with E-state index in [-0.39, 0.29) is 17.5 Å². The van der Waals surface area contributed by atoms with E-state index in [1.165, 1.54) is 29.8 Å². The van der Waals surface area contributed by atoms with Gasteiger partial charge in [0, 0.05) is 18.8 Å². The molecule has 6 nitrogen and oxygen atoms in total. The fourth-order valence-corrected chi connectivity index (χ4v) is 3.09. The summed E-state index contributed by atoms with van der Waals surface area (Å²) >= 11 is 1.10. The third-order valence-corrected chi connectivity index (χ3v) is 4.66. The molecule has 8 heteroatoms. The lowest BCUT2D eigenvalue weighted by Gasteiger charge is -2.04. The lowest BCUT2D eigenvalue weighted by Crippen LogP contribution is -2.24. The number of halogens is 1. The first-order chi connectivity index (χ1) is 12.3. The van der Waals surface area contributed by atoms with Crippen LogP contribution in [0.4, 0.5) is 4.39 Å². The van der Waals surface area contributed by atoms with Gasteiger partial charge >= 0.3 is 0 Å². The summed E-state index contributed by atoms with van der Waals surface area (Å²) in [7, 11) is 0. The minimum Gasteiger partial charge on any atom is -0.508 e. The third kappa shape index (κ3) is 5.13. The molecule has 1 amide bonds. The Kier molecular flexibility index (Phi) is 6.46. The zero-order valence-corrected chi connectivity index (χ0v) is 15.6. The smallest absolute Gasteiger partial charge is 0.263 e. The number of hydrogen-bond acceptors (Lipinski definition) is 5. The molecule has 0 aromatic carbocycles. The molecule has 0 bridgehead atoms. The molecule has 0 unspecified atom stereocenters. The van der Waals surface area contributed by atoms with Gasteiger partial charge in [0.05, 0.1) is 11.5 Å². The van der Waals surface area contributed by atoms with Crippen molar-refractivity contribution in [3.63, 3.8) is 0 Å². The maximum absolute atomic E-state index is 12.7. The number of aryl methyl sites for hydroxylation is 1. The molecule has 2 aromatic heterocycles. The maximum atomic E-state index is 12.7. The molecule has 0 spiro atoms. The summed E-state index contributed by atoms with van der Waals surface area (Å²) in [6.45, 7) is 5.33. The fraction of sp³-hybridized carbons (Fsp3) is 0.278. The van der Waals surface area contributed by atoms with Crippen LogP contribution in [-0.4, -0.2) is 27.1 Å². The number of aromatic hydroxyl groups is 1. The molecule has 0 saturated carbocycles. The second kappa shape index (κ2) is 8.57. The van der Waals surface area contributed by atoms with Crippen LogP contribution in [0.2, 0.25) is 0 Å². The lowest BCUT2D eigenvalue weighted by molar-refractivity contribution is 0.0957. The molecular weight excluding hydrogens is 357 g/mol. The molecule has 0 aliphatic heterocycles. The van der Waals surface area contributed by atoms with Crippen molar-refractivity contribution in [2.45, 2.75) is 27.2 Å². The summed E-state index contributed by atoms with van der Waals surface area (Å²) in [5.74, 6) is -0.674. The average Bonchev–Trinajstić information content (AvgIpc) is 2.94. The number of hydrogen-bond donors (Lipinski definition) is 2. The Morgan fingerprint density at radius 2 is 2.15 bits per heavy atom. The third-order valence-electron chi connectivity index (χ3n) is 3.50. The first-order valence-electron chi connectivity index (χ1n) is 7.95. The van der Waals surface area contributed by atoms with Gasteiger partial charge in [0.25, 0.3) is 11.5 Å². The Morgan fingerprint density at radius 1 is 1.42 bits per heavy atom.